The van der Waals surface area contributed by atoms with Gasteiger partial charge in [-0.05, 0) is 13.8 Å². The van der Waals surface area contributed by atoms with Crippen molar-refractivity contribution in [3.63, 3.8) is 0 Å². The summed E-state index contributed by atoms with van der Waals surface area (Å²) in [5.41, 5.74) is 0. The third kappa shape index (κ3) is 6.12. The number of carbonyl (C=O) groups excluding carboxylic acids is 1. The lowest BCUT2D eigenvalue weighted by Gasteiger charge is -2.12. The molecule has 0 saturated heterocycles. The van der Waals surface area contributed by atoms with Crippen LogP contribution in [0.3, 0.4) is 0 Å². The van der Waals surface area contributed by atoms with E-state index in [-0.39, 0.29) is 19.1 Å². The predicted molar refractivity (Wildman–Crippen MR) is 43.6 cm³/mol. The molecular formula is C8H16O4. The Morgan fingerprint density at radius 3 is 2.50 bits per heavy atom. The number of ether oxygens (including phenoxy) is 1. The quantitative estimate of drug-likeness (QED) is 0.582. The van der Waals surface area contributed by atoms with E-state index in [9.17, 15) is 4.79 Å². The normalized spacial score (nSPS) is 15.3. The van der Waals surface area contributed by atoms with Gasteiger partial charge in [-0.2, -0.15) is 0 Å². The minimum absolute atomic E-state index is 0.00310. The van der Waals surface area contributed by atoms with E-state index in [2.05, 4.69) is 0 Å². The second kappa shape index (κ2) is 5.97. The maximum Gasteiger partial charge on any atom is 0.308 e. The van der Waals surface area contributed by atoms with Crippen LogP contribution in [0.25, 0.3) is 0 Å². The molecule has 12 heavy (non-hydrogen) atoms. The third-order valence-corrected chi connectivity index (χ3v) is 1.33. The summed E-state index contributed by atoms with van der Waals surface area (Å²) >= 11 is 0. The van der Waals surface area contributed by atoms with Gasteiger partial charge in [-0.25, -0.2) is 0 Å². The Bertz CT molecular complexity index is 133. The third-order valence-electron chi connectivity index (χ3n) is 1.33. The molecular weight excluding hydrogens is 160 g/mol. The first kappa shape index (κ1) is 11.4. The summed E-state index contributed by atoms with van der Waals surface area (Å²) in [6.45, 7) is 3.23. The monoisotopic (exact) mass is 176 g/mol. The summed E-state index contributed by atoms with van der Waals surface area (Å²) in [7, 11) is 0. The lowest BCUT2D eigenvalue weighted by atomic mass is 10.3. The van der Waals surface area contributed by atoms with Crippen LogP contribution in [0.4, 0.5) is 0 Å². The van der Waals surface area contributed by atoms with Crippen LogP contribution in [0.5, 0.6) is 0 Å². The lowest BCUT2D eigenvalue weighted by molar-refractivity contribution is -0.150. The van der Waals surface area contributed by atoms with E-state index >= 15 is 0 Å². The van der Waals surface area contributed by atoms with Crippen molar-refractivity contribution in [3.05, 3.63) is 0 Å². The Morgan fingerprint density at radius 2 is 2.08 bits per heavy atom. The van der Waals surface area contributed by atoms with Gasteiger partial charge in [-0.3, -0.25) is 4.79 Å². The first-order chi connectivity index (χ1) is 5.56. The van der Waals surface area contributed by atoms with Crippen molar-refractivity contribution < 1.29 is 19.7 Å². The highest BCUT2D eigenvalue weighted by Gasteiger charge is 2.10. The first-order valence-corrected chi connectivity index (χ1v) is 4.04. The van der Waals surface area contributed by atoms with E-state index in [0.717, 1.165) is 0 Å². The van der Waals surface area contributed by atoms with Crippen molar-refractivity contribution >= 4 is 5.97 Å². The molecule has 0 radical (unpaired) electrons. The average molecular weight is 176 g/mol. The molecule has 4 heteroatoms. The number of hydrogen-bond donors (Lipinski definition) is 2. The summed E-state index contributed by atoms with van der Waals surface area (Å²) in [5, 5.41) is 17.3. The summed E-state index contributed by atoms with van der Waals surface area (Å²) in [4.78, 5) is 10.9. The van der Waals surface area contributed by atoms with Crippen molar-refractivity contribution in [3.8, 4) is 0 Å². The fourth-order valence-corrected chi connectivity index (χ4v) is 0.754. The molecule has 0 aromatic carbocycles. The zero-order valence-electron chi connectivity index (χ0n) is 7.49. The maximum absolute atomic E-state index is 10.9. The van der Waals surface area contributed by atoms with Crippen molar-refractivity contribution in [2.45, 2.75) is 38.9 Å². The maximum atomic E-state index is 10.9. The predicted octanol–water partition coefficient (Wildman–Crippen LogP) is 0.0714. The summed E-state index contributed by atoms with van der Waals surface area (Å²) in [6, 6.07) is 0. The Hall–Kier alpha value is -0.610. The van der Waals surface area contributed by atoms with Crippen LogP contribution in [0.1, 0.15) is 26.7 Å². The SMILES string of the molecule is CC(CCO)OC(=O)C[C@@H](C)O. The van der Waals surface area contributed by atoms with Gasteiger partial charge in [-0.1, -0.05) is 0 Å². The molecule has 0 bridgehead atoms. The first-order valence-electron chi connectivity index (χ1n) is 4.04. The van der Waals surface area contributed by atoms with Crippen LogP contribution in [0.15, 0.2) is 0 Å². The van der Waals surface area contributed by atoms with E-state index < -0.39 is 12.1 Å². The fourth-order valence-electron chi connectivity index (χ4n) is 0.754. The Kier molecular flexibility index (Phi) is 5.66. The Labute approximate surface area is 72.2 Å². The van der Waals surface area contributed by atoms with E-state index in [4.69, 9.17) is 14.9 Å². The molecule has 0 aliphatic rings. The van der Waals surface area contributed by atoms with Crippen molar-refractivity contribution in [1.29, 1.82) is 0 Å². The van der Waals surface area contributed by atoms with Gasteiger partial charge in [0.1, 0.15) is 6.10 Å². The van der Waals surface area contributed by atoms with Crippen LogP contribution in [-0.4, -0.2) is 35.0 Å². The molecule has 2 N–H and O–H groups in total. The van der Waals surface area contributed by atoms with Crippen molar-refractivity contribution in [2.75, 3.05) is 6.61 Å². The molecule has 0 aliphatic heterocycles. The van der Waals surface area contributed by atoms with Gasteiger partial charge in [0, 0.05) is 13.0 Å². The lowest BCUT2D eigenvalue weighted by Crippen LogP contribution is -2.19. The van der Waals surface area contributed by atoms with Gasteiger partial charge in [0.25, 0.3) is 0 Å². The molecule has 72 valence electrons. The van der Waals surface area contributed by atoms with Gasteiger partial charge in [0.05, 0.1) is 12.5 Å². The Balaban J connectivity index is 3.54. The largest absolute Gasteiger partial charge is 0.462 e. The number of rotatable bonds is 5. The van der Waals surface area contributed by atoms with Crippen LogP contribution >= 0.6 is 0 Å². The topological polar surface area (TPSA) is 66.8 Å². The van der Waals surface area contributed by atoms with E-state index in [1.54, 1.807) is 6.92 Å². The van der Waals surface area contributed by atoms with Gasteiger partial charge in [0.2, 0.25) is 0 Å². The summed E-state index contributed by atoms with van der Waals surface area (Å²) in [6.07, 6.45) is -0.499. The summed E-state index contributed by atoms with van der Waals surface area (Å²) < 4.78 is 4.84. The minimum Gasteiger partial charge on any atom is -0.462 e. The van der Waals surface area contributed by atoms with Crippen LogP contribution in [0, 0.1) is 0 Å². The minimum atomic E-state index is -0.668. The van der Waals surface area contributed by atoms with Crippen LogP contribution in [-0.2, 0) is 9.53 Å². The van der Waals surface area contributed by atoms with E-state index in [1.165, 1.54) is 6.92 Å². The van der Waals surface area contributed by atoms with Crippen molar-refractivity contribution in [2.24, 2.45) is 0 Å². The molecule has 0 fully saturated rings. The second-order valence-electron chi connectivity index (χ2n) is 2.87. The molecule has 0 heterocycles. The van der Waals surface area contributed by atoms with E-state index in [0.29, 0.717) is 6.42 Å². The highest BCUT2D eigenvalue weighted by atomic mass is 16.5. The average Bonchev–Trinajstić information content (AvgIpc) is 1.84. The molecule has 0 aliphatic carbocycles. The highest BCUT2D eigenvalue weighted by Crippen LogP contribution is 2.00. The summed E-state index contributed by atoms with van der Waals surface area (Å²) in [5.74, 6) is -0.425. The molecule has 0 aromatic heterocycles. The van der Waals surface area contributed by atoms with Gasteiger partial charge >= 0.3 is 5.97 Å². The van der Waals surface area contributed by atoms with Crippen LogP contribution < -0.4 is 0 Å². The number of aliphatic hydroxyl groups excluding tert-OH is 2. The standard InChI is InChI=1S/C8H16O4/c1-6(10)5-8(11)12-7(2)3-4-9/h6-7,9-10H,3-5H2,1-2H3/t6-,7?/m1/s1. The van der Waals surface area contributed by atoms with Gasteiger partial charge in [0.15, 0.2) is 0 Å². The number of aliphatic hydroxyl groups is 2. The zero-order valence-corrected chi connectivity index (χ0v) is 7.49. The molecule has 4 nitrogen and oxygen atoms in total. The molecule has 0 saturated carbocycles. The second-order valence-corrected chi connectivity index (χ2v) is 2.87. The van der Waals surface area contributed by atoms with Gasteiger partial charge < -0.3 is 14.9 Å². The zero-order chi connectivity index (χ0) is 9.56. The molecule has 0 spiro atoms. The number of hydrogen-bond acceptors (Lipinski definition) is 4. The van der Waals surface area contributed by atoms with Gasteiger partial charge in [-0.15, -0.1) is 0 Å². The Morgan fingerprint density at radius 1 is 1.50 bits per heavy atom. The van der Waals surface area contributed by atoms with Crippen molar-refractivity contribution in [1.82, 2.24) is 0 Å². The van der Waals surface area contributed by atoms with Crippen LogP contribution in [0.2, 0.25) is 0 Å². The fraction of sp³-hybridized carbons (Fsp3) is 0.875. The molecule has 2 atom stereocenters. The number of esters is 1. The van der Waals surface area contributed by atoms with E-state index in [1.807, 2.05) is 0 Å². The molecule has 1 unspecified atom stereocenters. The highest BCUT2D eigenvalue weighted by molar-refractivity contribution is 5.70. The smallest absolute Gasteiger partial charge is 0.308 e. The molecule has 0 amide bonds. The molecule has 0 aromatic rings. The molecule has 0 rings (SSSR count). The number of carbonyl (C=O) groups is 1.